The lowest BCUT2D eigenvalue weighted by Crippen LogP contribution is -2.30. The Balaban J connectivity index is 1.72. The third-order valence-electron chi connectivity index (χ3n) is 3.73. The molecule has 0 aromatic heterocycles. The maximum Gasteiger partial charge on any atom is 0.0954 e. The Labute approximate surface area is 111 Å². The molecule has 0 radical (unpaired) electrons. The van der Waals surface area contributed by atoms with E-state index < -0.39 is 0 Å². The van der Waals surface area contributed by atoms with Gasteiger partial charge in [0, 0.05) is 17.9 Å². The highest BCUT2D eigenvalue weighted by molar-refractivity contribution is 9.09. The van der Waals surface area contributed by atoms with Crippen LogP contribution in [0.15, 0.2) is 24.3 Å². The van der Waals surface area contributed by atoms with Crippen molar-refractivity contribution in [2.45, 2.75) is 23.8 Å². The van der Waals surface area contributed by atoms with Crippen molar-refractivity contribution in [3.63, 3.8) is 0 Å². The van der Waals surface area contributed by atoms with Gasteiger partial charge in [0.2, 0.25) is 0 Å². The summed E-state index contributed by atoms with van der Waals surface area (Å²) < 4.78 is 5.94. The van der Waals surface area contributed by atoms with Gasteiger partial charge in [0.1, 0.15) is 0 Å². The first kappa shape index (κ1) is 11.7. The molecule has 0 bridgehead atoms. The lowest BCUT2D eigenvalue weighted by molar-refractivity contribution is 0.0207. The molecule has 2 nitrogen and oxygen atoms in total. The fraction of sp³-hybridized carbons (Fsp3) is 0.571. The zero-order chi connectivity index (χ0) is 11.7. The second-order valence-electron chi connectivity index (χ2n) is 4.95. The first-order valence-corrected chi connectivity index (χ1v) is 7.30. The number of nitrogens with zero attached hydrogens (tertiary/aromatic N) is 1. The van der Waals surface area contributed by atoms with E-state index in [1.807, 2.05) is 0 Å². The fourth-order valence-corrected chi connectivity index (χ4v) is 3.43. The summed E-state index contributed by atoms with van der Waals surface area (Å²) in [5.74, 6) is 0. The van der Waals surface area contributed by atoms with E-state index in [2.05, 4.69) is 45.1 Å². The van der Waals surface area contributed by atoms with E-state index in [0.717, 1.165) is 26.1 Å². The van der Waals surface area contributed by atoms with Gasteiger partial charge in [-0.25, -0.2) is 0 Å². The summed E-state index contributed by atoms with van der Waals surface area (Å²) >= 11 is 3.69. The van der Waals surface area contributed by atoms with Gasteiger partial charge in [-0.2, -0.15) is 0 Å². The van der Waals surface area contributed by atoms with Crippen LogP contribution in [-0.4, -0.2) is 36.0 Å². The summed E-state index contributed by atoms with van der Waals surface area (Å²) in [5, 5.41) is 0. The molecule has 1 aromatic carbocycles. The Kier molecular flexibility index (Phi) is 3.50. The van der Waals surface area contributed by atoms with E-state index in [1.165, 1.54) is 24.1 Å². The van der Waals surface area contributed by atoms with Crippen LogP contribution in [0.4, 0.5) is 0 Å². The largest absolute Gasteiger partial charge is 0.372 e. The summed E-state index contributed by atoms with van der Waals surface area (Å²) in [6, 6.07) is 8.71. The lowest BCUT2D eigenvalue weighted by Gasteiger charge is -2.29. The molecule has 2 heterocycles. The van der Waals surface area contributed by atoms with Crippen molar-refractivity contribution in [1.82, 2.24) is 4.90 Å². The second kappa shape index (κ2) is 5.09. The van der Waals surface area contributed by atoms with Crippen LogP contribution in [0.3, 0.4) is 0 Å². The Morgan fingerprint density at radius 2 is 2.24 bits per heavy atom. The van der Waals surface area contributed by atoms with Gasteiger partial charge in [-0.3, -0.25) is 4.90 Å². The third kappa shape index (κ3) is 2.56. The highest BCUT2D eigenvalue weighted by atomic mass is 79.9. The van der Waals surface area contributed by atoms with Gasteiger partial charge in [-0.15, -0.1) is 0 Å². The number of ether oxygens (including phenoxy) is 1. The van der Waals surface area contributed by atoms with Crippen LogP contribution in [0.2, 0.25) is 0 Å². The Bertz CT molecular complexity index is 396. The second-order valence-corrected chi connectivity index (χ2v) is 6.25. The number of hydrogen-bond acceptors (Lipinski definition) is 2. The molecule has 0 N–H and O–H groups in total. The summed E-state index contributed by atoms with van der Waals surface area (Å²) in [6.07, 6.45) is 2.60. The van der Waals surface area contributed by atoms with Crippen LogP contribution in [0.5, 0.6) is 0 Å². The van der Waals surface area contributed by atoms with E-state index in [0.29, 0.717) is 4.83 Å². The molecule has 0 aliphatic carbocycles. The molecule has 0 spiro atoms. The molecule has 92 valence electrons. The van der Waals surface area contributed by atoms with E-state index in [4.69, 9.17) is 4.74 Å². The first-order chi connectivity index (χ1) is 8.33. The predicted octanol–water partition coefficient (Wildman–Crippen LogP) is 2.77. The van der Waals surface area contributed by atoms with Crippen LogP contribution >= 0.6 is 15.9 Å². The SMILES string of the molecule is BrC1CCN(CC2OCCc3ccccc32)C1. The highest BCUT2D eigenvalue weighted by Gasteiger charge is 2.26. The maximum absolute atomic E-state index is 5.94. The summed E-state index contributed by atoms with van der Waals surface area (Å²) in [4.78, 5) is 3.17. The molecule has 3 rings (SSSR count). The van der Waals surface area contributed by atoms with Crippen LogP contribution < -0.4 is 0 Å². The molecule has 3 heteroatoms. The maximum atomic E-state index is 5.94. The minimum atomic E-state index is 0.276. The number of likely N-dealkylation sites (tertiary alicyclic amines) is 1. The standard InChI is InChI=1S/C14H18BrNO/c15-12-5-7-16(9-12)10-14-13-4-2-1-3-11(13)6-8-17-14/h1-4,12,14H,5-10H2. The Hall–Kier alpha value is -0.380. The van der Waals surface area contributed by atoms with Gasteiger partial charge in [0.25, 0.3) is 0 Å². The third-order valence-corrected chi connectivity index (χ3v) is 4.48. The van der Waals surface area contributed by atoms with Crippen molar-refractivity contribution in [3.8, 4) is 0 Å². The zero-order valence-corrected chi connectivity index (χ0v) is 11.5. The average molecular weight is 296 g/mol. The van der Waals surface area contributed by atoms with Gasteiger partial charge in [0.15, 0.2) is 0 Å². The summed E-state index contributed by atoms with van der Waals surface area (Å²) in [5.41, 5.74) is 2.87. The molecular weight excluding hydrogens is 278 g/mol. The number of halogens is 1. The number of benzene rings is 1. The minimum Gasteiger partial charge on any atom is -0.372 e. The van der Waals surface area contributed by atoms with Crippen LogP contribution in [0, 0.1) is 0 Å². The Morgan fingerprint density at radius 1 is 1.35 bits per heavy atom. The van der Waals surface area contributed by atoms with Gasteiger partial charge in [0.05, 0.1) is 12.7 Å². The monoisotopic (exact) mass is 295 g/mol. The molecule has 2 atom stereocenters. The van der Waals surface area contributed by atoms with Crippen LogP contribution in [0.1, 0.15) is 23.7 Å². The predicted molar refractivity (Wildman–Crippen MR) is 72.6 cm³/mol. The zero-order valence-electron chi connectivity index (χ0n) is 9.94. The van der Waals surface area contributed by atoms with Crippen molar-refractivity contribution in [2.75, 3.05) is 26.2 Å². The summed E-state index contributed by atoms with van der Waals surface area (Å²) in [7, 11) is 0. The van der Waals surface area contributed by atoms with E-state index in [1.54, 1.807) is 0 Å². The van der Waals surface area contributed by atoms with Gasteiger partial charge >= 0.3 is 0 Å². The lowest BCUT2D eigenvalue weighted by atomic mass is 9.97. The quantitative estimate of drug-likeness (QED) is 0.778. The molecule has 2 aliphatic rings. The molecule has 2 unspecified atom stereocenters. The highest BCUT2D eigenvalue weighted by Crippen LogP contribution is 2.29. The van der Waals surface area contributed by atoms with E-state index >= 15 is 0 Å². The normalized spacial score (nSPS) is 29.2. The Morgan fingerprint density at radius 3 is 3.06 bits per heavy atom. The van der Waals surface area contributed by atoms with Gasteiger partial charge < -0.3 is 4.74 Å². The molecule has 1 fully saturated rings. The number of hydrogen-bond donors (Lipinski definition) is 0. The van der Waals surface area contributed by atoms with Crippen molar-refractivity contribution in [2.24, 2.45) is 0 Å². The summed E-state index contributed by atoms with van der Waals surface area (Å²) in [6.45, 7) is 4.26. The smallest absolute Gasteiger partial charge is 0.0954 e. The van der Waals surface area contributed by atoms with Gasteiger partial charge in [-0.1, -0.05) is 40.2 Å². The first-order valence-electron chi connectivity index (χ1n) is 6.39. The van der Waals surface area contributed by atoms with Crippen molar-refractivity contribution in [3.05, 3.63) is 35.4 Å². The molecule has 17 heavy (non-hydrogen) atoms. The minimum absolute atomic E-state index is 0.276. The van der Waals surface area contributed by atoms with Crippen molar-refractivity contribution >= 4 is 15.9 Å². The molecular formula is C14H18BrNO. The van der Waals surface area contributed by atoms with E-state index in [-0.39, 0.29) is 6.10 Å². The molecule has 0 amide bonds. The van der Waals surface area contributed by atoms with E-state index in [9.17, 15) is 0 Å². The number of fused-ring (bicyclic) bond motifs is 1. The van der Waals surface area contributed by atoms with Crippen LogP contribution in [0.25, 0.3) is 0 Å². The molecule has 2 aliphatic heterocycles. The number of alkyl halides is 1. The molecule has 1 aromatic rings. The van der Waals surface area contributed by atoms with Gasteiger partial charge in [-0.05, 0) is 30.5 Å². The molecule has 1 saturated heterocycles. The van der Waals surface area contributed by atoms with Crippen molar-refractivity contribution in [1.29, 1.82) is 0 Å². The van der Waals surface area contributed by atoms with Crippen LogP contribution in [-0.2, 0) is 11.2 Å². The topological polar surface area (TPSA) is 12.5 Å². The fourth-order valence-electron chi connectivity index (χ4n) is 2.81. The van der Waals surface area contributed by atoms with Crippen molar-refractivity contribution < 1.29 is 4.74 Å². The number of rotatable bonds is 2. The average Bonchev–Trinajstić information content (AvgIpc) is 2.75. The molecule has 0 saturated carbocycles.